The summed E-state index contributed by atoms with van der Waals surface area (Å²) in [7, 11) is -3.29. The molecule has 0 bridgehead atoms. The van der Waals surface area contributed by atoms with Crippen molar-refractivity contribution in [2.75, 3.05) is 12.4 Å². The fourth-order valence-electron chi connectivity index (χ4n) is 1.16. The highest BCUT2D eigenvalue weighted by molar-refractivity contribution is 7.89. The first-order chi connectivity index (χ1) is 8.72. The van der Waals surface area contributed by atoms with Gasteiger partial charge in [0, 0.05) is 6.54 Å². The van der Waals surface area contributed by atoms with Gasteiger partial charge in [0.05, 0.1) is 5.75 Å². The quantitative estimate of drug-likeness (QED) is 0.874. The lowest BCUT2D eigenvalue weighted by molar-refractivity contribution is -0.153. The number of nitrogens with one attached hydrogen (secondary N) is 1. The van der Waals surface area contributed by atoms with Crippen LogP contribution in [0.2, 0.25) is 0 Å². The van der Waals surface area contributed by atoms with Gasteiger partial charge in [-0.3, -0.25) is 0 Å². The molecule has 0 radical (unpaired) electrons. The molecule has 0 spiro atoms. The molecule has 0 saturated heterocycles. The van der Waals surface area contributed by atoms with Crippen LogP contribution in [0.4, 0.5) is 13.2 Å². The van der Waals surface area contributed by atoms with Crippen molar-refractivity contribution in [2.45, 2.75) is 19.6 Å². The van der Waals surface area contributed by atoms with Gasteiger partial charge >= 0.3 is 6.18 Å². The Kier molecular flexibility index (Phi) is 5.19. The molecule has 1 rings (SSSR count). The smallest absolute Gasteiger partial charge is 0.422 e. The van der Waals surface area contributed by atoms with Crippen LogP contribution in [-0.4, -0.2) is 27.0 Å². The Hall–Kier alpha value is -1.28. The molecule has 0 aliphatic heterocycles. The summed E-state index contributed by atoms with van der Waals surface area (Å²) in [6.07, 6.45) is -4.38. The van der Waals surface area contributed by atoms with E-state index in [0.717, 1.165) is 0 Å². The third-order valence-corrected chi connectivity index (χ3v) is 3.55. The van der Waals surface area contributed by atoms with Crippen molar-refractivity contribution >= 4 is 10.0 Å². The van der Waals surface area contributed by atoms with Crippen molar-refractivity contribution < 1.29 is 26.3 Å². The van der Waals surface area contributed by atoms with Crippen LogP contribution in [0.5, 0.6) is 5.75 Å². The van der Waals surface area contributed by atoms with Gasteiger partial charge in [0.15, 0.2) is 6.61 Å². The number of rotatable bonds is 6. The van der Waals surface area contributed by atoms with E-state index in [4.69, 9.17) is 0 Å². The maximum absolute atomic E-state index is 11.9. The summed E-state index contributed by atoms with van der Waals surface area (Å²) in [5.41, 5.74) is 0.636. The second kappa shape index (κ2) is 6.25. The molecule has 1 aromatic rings. The molecular weight excluding hydrogens is 283 g/mol. The van der Waals surface area contributed by atoms with Gasteiger partial charge in [0.1, 0.15) is 5.75 Å². The van der Waals surface area contributed by atoms with Crippen molar-refractivity contribution in [1.29, 1.82) is 0 Å². The van der Waals surface area contributed by atoms with Gasteiger partial charge in [-0.2, -0.15) is 13.2 Å². The van der Waals surface area contributed by atoms with Gasteiger partial charge in [-0.1, -0.05) is 12.1 Å². The second-order valence-electron chi connectivity index (χ2n) is 3.77. The monoisotopic (exact) mass is 297 g/mol. The van der Waals surface area contributed by atoms with Gasteiger partial charge in [-0.25, -0.2) is 13.1 Å². The molecule has 19 heavy (non-hydrogen) atoms. The maximum atomic E-state index is 11.9. The van der Waals surface area contributed by atoms with Gasteiger partial charge in [-0.15, -0.1) is 0 Å². The zero-order valence-electron chi connectivity index (χ0n) is 10.2. The topological polar surface area (TPSA) is 55.4 Å². The van der Waals surface area contributed by atoms with E-state index in [0.29, 0.717) is 5.56 Å². The highest BCUT2D eigenvalue weighted by Gasteiger charge is 2.28. The lowest BCUT2D eigenvalue weighted by atomic mass is 10.2. The summed E-state index contributed by atoms with van der Waals surface area (Å²) in [5, 5.41) is 0. The zero-order chi connectivity index (χ0) is 14.5. The van der Waals surface area contributed by atoms with Crippen LogP contribution in [-0.2, 0) is 16.6 Å². The molecule has 0 heterocycles. The largest absolute Gasteiger partial charge is 0.484 e. The fraction of sp³-hybridized carbons (Fsp3) is 0.455. The van der Waals surface area contributed by atoms with E-state index in [1.54, 1.807) is 0 Å². The Balaban J connectivity index is 2.53. The Morgan fingerprint density at radius 1 is 1.21 bits per heavy atom. The normalized spacial score (nSPS) is 12.4. The number of benzene rings is 1. The molecule has 0 amide bonds. The molecular formula is C11H14F3NO3S. The van der Waals surface area contributed by atoms with Gasteiger partial charge in [-0.05, 0) is 24.6 Å². The first-order valence-electron chi connectivity index (χ1n) is 5.48. The van der Waals surface area contributed by atoms with Crippen LogP contribution in [0.25, 0.3) is 0 Å². The molecule has 1 aromatic carbocycles. The Morgan fingerprint density at radius 3 is 2.26 bits per heavy atom. The van der Waals surface area contributed by atoms with E-state index in [9.17, 15) is 21.6 Å². The fourth-order valence-corrected chi connectivity index (χ4v) is 1.75. The summed E-state index contributed by atoms with van der Waals surface area (Å²) in [6, 6.07) is 5.73. The molecule has 0 aromatic heterocycles. The van der Waals surface area contributed by atoms with E-state index in [1.165, 1.54) is 31.2 Å². The summed E-state index contributed by atoms with van der Waals surface area (Å²) in [4.78, 5) is 0. The third kappa shape index (κ3) is 6.44. The molecule has 0 saturated carbocycles. The van der Waals surface area contributed by atoms with Crippen molar-refractivity contribution in [3.05, 3.63) is 29.8 Å². The van der Waals surface area contributed by atoms with Crippen molar-refractivity contribution in [3.8, 4) is 5.75 Å². The van der Waals surface area contributed by atoms with E-state index in [-0.39, 0.29) is 18.0 Å². The molecule has 0 atom stereocenters. The van der Waals surface area contributed by atoms with Crippen LogP contribution in [0.15, 0.2) is 24.3 Å². The molecule has 4 nitrogen and oxygen atoms in total. The Labute approximate surface area is 109 Å². The third-order valence-electron chi connectivity index (χ3n) is 2.20. The average Bonchev–Trinajstić information content (AvgIpc) is 2.34. The summed E-state index contributed by atoms with van der Waals surface area (Å²) in [6.45, 7) is 0.251. The average molecular weight is 297 g/mol. The van der Waals surface area contributed by atoms with Crippen molar-refractivity contribution in [2.24, 2.45) is 0 Å². The molecule has 1 N–H and O–H groups in total. The molecule has 108 valence electrons. The minimum Gasteiger partial charge on any atom is -0.484 e. The predicted molar refractivity (Wildman–Crippen MR) is 64.3 cm³/mol. The first kappa shape index (κ1) is 15.8. The minimum atomic E-state index is -4.38. The SMILES string of the molecule is CCS(=O)(=O)NCc1ccc(OCC(F)(F)F)cc1. The van der Waals surface area contributed by atoms with Crippen molar-refractivity contribution in [3.63, 3.8) is 0 Å². The van der Waals surface area contributed by atoms with Gasteiger partial charge in [0.2, 0.25) is 10.0 Å². The number of hydrogen-bond acceptors (Lipinski definition) is 3. The van der Waals surface area contributed by atoms with E-state index in [1.807, 2.05) is 0 Å². The molecule has 8 heteroatoms. The van der Waals surface area contributed by atoms with Crippen molar-refractivity contribution in [1.82, 2.24) is 4.72 Å². The first-order valence-corrected chi connectivity index (χ1v) is 7.13. The van der Waals surface area contributed by atoms with Crippen LogP contribution in [0.3, 0.4) is 0 Å². The number of halogens is 3. The van der Waals surface area contributed by atoms with Crippen LogP contribution in [0, 0.1) is 0 Å². The second-order valence-corrected chi connectivity index (χ2v) is 5.87. The highest BCUT2D eigenvalue weighted by Crippen LogP contribution is 2.18. The number of sulfonamides is 1. The standard InChI is InChI=1S/C11H14F3NO3S/c1-2-19(16,17)15-7-9-3-5-10(6-4-9)18-8-11(12,13)14/h3-6,15H,2,7-8H2,1H3. The van der Waals surface area contributed by atoms with Gasteiger partial charge in [0.25, 0.3) is 0 Å². The molecule has 0 aliphatic carbocycles. The minimum absolute atomic E-state index is 0.0280. The number of alkyl halides is 3. The zero-order valence-corrected chi connectivity index (χ0v) is 11.0. The summed E-state index contributed by atoms with van der Waals surface area (Å²) in [5.74, 6) is 0.0548. The Bertz CT molecular complexity index is 497. The molecule has 0 unspecified atom stereocenters. The molecule has 0 fully saturated rings. The lowest BCUT2D eigenvalue weighted by Crippen LogP contribution is -2.24. The summed E-state index contributed by atoms with van der Waals surface area (Å²) < 4.78 is 65.0. The van der Waals surface area contributed by atoms with Crippen LogP contribution in [0.1, 0.15) is 12.5 Å². The Morgan fingerprint density at radius 2 is 1.79 bits per heavy atom. The number of hydrogen-bond donors (Lipinski definition) is 1. The van der Waals surface area contributed by atoms with E-state index < -0.39 is 22.8 Å². The summed E-state index contributed by atoms with van der Waals surface area (Å²) >= 11 is 0. The molecule has 0 aliphatic rings. The van der Waals surface area contributed by atoms with Crippen LogP contribution < -0.4 is 9.46 Å². The number of ether oxygens (including phenoxy) is 1. The van der Waals surface area contributed by atoms with Gasteiger partial charge < -0.3 is 4.74 Å². The lowest BCUT2D eigenvalue weighted by Gasteiger charge is -2.10. The maximum Gasteiger partial charge on any atom is 0.422 e. The van der Waals surface area contributed by atoms with E-state index in [2.05, 4.69) is 9.46 Å². The van der Waals surface area contributed by atoms with E-state index >= 15 is 0 Å². The predicted octanol–water partition coefficient (Wildman–Crippen LogP) is 2.07. The van der Waals surface area contributed by atoms with Crippen LogP contribution >= 0.6 is 0 Å². The highest BCUT2D eigenvalue weighted by atomic mass is 32.2.